The molecule has 0 radical (unpaired) electrons. The van der Waals surface area contributed by atoms with Crippen LogP contribution < -0.4 is 14.8 Å². The lowest BCUT2D eigenvalue weighted by Gasteiger charge is -2.36. The molecule has 1 atom stereocenters. The maximum Gasteiger partial charge on any atom is 0.338 e. The van der Waals surface area contributed by atoms with Crippen LogP contribution in [-0.2, 0) is 9.16 Å². The molecule has 39 heavy (non-hydrogen) atoms. The highest BCUT2D eigenvalue weighted by atomic mass is 28.4. The number of imidazole rings is 1. The summed E-state index contributed by atoms with van der Waals surface area (Å²) in [6, 6.07) is 11.6. The molecule has 210 valence electrons. The van der Waals surface area contributed by atoms with Gasteiger partial charge in [-0.05, 0) is 75.3 Å². The molecule has 0 aliphatic carbocycles. The molecule has 0 saturated carbocycles. The van der Waals surface area contributed by atoms with Gasteiger partial charge in [-0.25, -0.2) is 9.78 Å². The summed E-state index contributed by atoms with van der Waals surface area (Å²) in [5.41, 5.74) is 0.766. The van der Waals surface area contributed by atoms with E-state index >= 15 is 0 Å². The van der Waals surface area contributed by atoms with E-state index in [2.05, 4.69) is 49.1 Å². The molecule has 0 aliphatic heterocycles. The third-order valence-corrected chi connectivity index (χ3v) is 11.0. The fourth-order valence-corrected chi connectivity index (χ4v) is 4.41. The van der Waals surface area contributed by atoms with Gasteiger partial charge in [-0.1, -0.05) is 20.8 Å². The van der Waals surface area contributed by atoms with Gasteiger partial charge in [-0.3, -0.25) is 4.79 Å². The fraction of sp³-hybridized carbons (Fsp3) is 0.414. The second-order valence-electron chi connectivity index (χ2n) is 10.9. The number of carbonyl (C=O) groups excluding carboxylic acids is 2. The Morgan fingerprint density at radius 2 is 1.69 bits per heavy atom. The highest BCUT2D eigenvalue weighted by Gasteiger charge is 2.37. The van der Waals surface area contributed by atoms with Crippen LogP contribution in [0, 0.1) is 6.92 Å². The first-order chi connectivity index (χ1) is 18.3. The molecule has 0 spiro atoms. The molecule has 10 heteroatoms. The van der Waals surface area contributed by atoms with Gasteiger partial charge in [0.15, 0.2) is 8.32 Å². The van der Waals surface area contributed by atoms with Gasteiger partial charge in [-0.2, -0.15) is 0 Å². The maximum absolute atomic E-state index is 13.1. The van der Waals surface area contributed by atoms with Gasteiger partial charge in [0.2, 0.25) is 0 Å². The third-order valence-electron chi connectivity index (χ3n) is 6.52. The number of aromatic amines is 1. The number of aryl methyl sites for hydroxylation is 1. The van der Waals surface area contributed by atoms with Crippen LogP contribution >= 0.6 is 0 Å². The Labute approximate surface area is 231 Å². The number of rotatable bonds is 11. The van der Waals surface area contributed by atoms with Crippen molar-refractivity contribution in [2.24, 2.45) is 0 Å². The van der Waals surface area contributed by atoms with Crippen LogP contribution in [0.25, 0.3) is 0 Å². The number of anilines is 1. The second kappa shape index (κ2) is 12.5. The molecule has 1 heterocycles. The third kappa shape index (κ3) is 8.43. The van der Waals surface area contributed by atoms with Crippen molar-refractivity contribution in [3.05, 3.63) is 65.6 Å². The molecule has 0 saturated heterocycles. The summed E-state index contributed by atoms with van der Waals surface area (Å²) in [7, 11) is -1.95. The lowest BCUT2D eigenvalue weighted by molar-refractivity contribution is 0.0526. The monoisotopic (exact) mass is 553 g/mol. The zero-order valence-electron chi connectivity index (χ0n) is 24.0. The molecule has 2 aromatic carbocycles. The Morgan fingerprint density at radius 3 is 2.28 bits per heavy atom. The van der Waals surface area contributed by atoms with E-state index in [0.29, 0.717) is 53.2 Å². The second-order valence-corrected chi connectivity index (χ2v) is 15.7. The van der Waals surface area contributed by atoms with E-state index in [1.54, 1.807) is 62.5 Å². The minimum Gasteiger partial charge on any atom is -0.488 e. The first-order valence-electron chi connectivity index (χ1n) is 13.0. The van der Waals surface area contributed by atoms with E-state index in [9.17, 15) is 9.59 Å². The lowest BCUT2D eigenvalue weighted by Crippen LogP contribution is -2.43. The van der Waals surface area contributed by atoms with Crippen molar-refractivity contribution in [1.29, 1.82) is 0 Å². The van der Waals surface area contributed by atoms with Crippen LogP contribution in [0.1, 0.15) is 61.2 Å². The number of hydrogen-bond donors (Lipinski definition) is 2. The van der Waals surface area contributed by atoms with Crippen LogP contribution in [0.2, 0.25) is 18.1 Å². The van der Waals surface area contributed by atoms with Crippen LogP contribution in [0.3, 0.4) is 0 Å². The molecule has 2 N–H and O–H groups in total. The zero-order chi connectivity index (χ0) is 28.8. The van der Waals surface area contributed by atoms with E-state index in [-0.39, 0.29) is 17.0 Å². The van der Waals surface area contributed by atoms with Crippen LogP contribution in [0.15, 0.2) is 48.7 Å². The van der Waals surface area contributed by atoms with Crippen molar-refractivity contribution in [2.45, 2.75) is 65.8 Å². The minimum absolute atomic E-state index is 0.0829. The molecule has 3 rings (SSSR count). The minimum atomic E-state index is -1.95. The van der Waals surface area contributed by atoms with Gasteiger partial charge in [-0.15, -0.1) is 0 Å². The number of benzene rings is 2. The Kier molecular flexibility index (Phi) is 9.57. The van der Waals surface area contributed by atoms with Gasteiger partial charge in [0.1, 0.15) is 35.0 Å². The van der Waals surface area contributed by atoms with E-state index in [4.69, 9.17) is 18.6 Å². The maximum atomic E-state index is 13.1. The fourth-order valence-electron chi connectivity index (χ4n) is 3.33. The van der Waals surface area contributed by atoms with Gasteiger partial charge in [0, 0.05) is 11.6 Å². The number of H-pyrrole nitrogens is 1. The number of carbonyl (C=O) groups is 2. The topological polar surface area (TPSA) is 112 Å². The summed E-state index contributed by atoms with van der Waals surface area (Å²) in [5, 5.41) is 2.89. The molecule has 9 nitrogen and oxygen atoms in total. The van der Waals surface area contributed by atoms with E-state index in [1.807, 2.05) is 6.92 Å². The smallest absolute Gasteiger partial charge is 0.338 e. The van der Waals surface area contributed by atoms with Crippen molar-refractivity contribution in [3.63, 3.8) is 0 Å². The number of aromatic nitrogens is 2. The Morgan fingerprint density at radius 1 is 1.03 bits per heavy atom. The number of nitrogens with one attached hydrogen (secondary N) is 2. The van der Waals surface area contributed by atoms with E-state index in [0.717, 1.165) is 0 Å². The quantitative estimate of drug-likeness (QED) is 0.200. The Balaban J connectivity index is 1.82. The molecular weight excluding hydrogens is 514 g/mol. The summed E-state index contributed by atoms with van der Waals surface area (Å²) in [6.45, 7) is 17.2. The number of hydrogen-bond acceptors (Lipinski definition) is 7. The van der Waals surface area contributed by atoms with E-state index < -0.39 is 14.3 Å². The summed E-state index contributed by atoms with van der Waals surface area (Å²) in [6.07, 6.45) is 1.29. The van der Waals surface area contributed by atoms with Crippen molar-refractivity contribution in [3.8, 4) is 17.2 Å². The number of ether oxygens (including phenoxy) is 3. The van der Waals surface area contributed by atoms with E-state index in [1.165, 1.54) is 0 Å². The van der Waals surface area contributed by atoms with Gasteiger partial charge in [0.05, 0.1) is 25.0 Å². The Bertz CT molecular complexity index is 1280. The van der Waals surface area contributed by atoms with Crippen LogP contribution in [-0.4, -0.2) is 49.5 Å². The highest BCUT2D eigenvalue weighted by Crippen LogP contribution is 2.37. The lowest BCUT2D eigenvalue weighted by atomic mass is 10.1. The van der Waals surface area contributed by atoms with Gasteiger partial charge < -0.3 is 28.9 Å². The SMILES string of the molecule is CCOC(=O)c1ccc(Oc2cc(O[C@@H](C)CO[Si](C)(C)C(C)(C)C)cc(C(=O)Nc3cnc(C)[nH]3)c2)cc1. The molecule has 1 aromatic heterocycles. The zero-order valence-corrected chi connectivity index (χ0v) is 25.0. The molecule has 0 bridgehead atoms. The highest BCUT2D eigenvalue weighted by molar-refractivity contribution is 6.74. The summed E-state index contributed by atoms with van der Waals surface area (Å²) >= 11 is 0. The van der Waals surface area contributed by atoms with Crippen molar-refractivity contribution >= 4 is 26.0 Å². The average Bonchev–Trinajstić information content (AvgIpc) is 3.27. The van der Waals surface area contributed by atoms with Crippen molar-refractivity contribution in [1.82, 2.24) is 9.97 Å². The molecule has 3 aromatic rings. The first kappa shape index (κ1) is 29.9. The predicted octanol–water partition coefficient (Wildman–Crippen LogP) is 6.73. The van der Waals surface area contributed by atoms with Crippen LogP contribution in [0.4, 0.5) is 5.82 Å². The number of amides is 1. The molecule has 0 unspecified atom stereocenters. The summed E-state index contributed by atoms with van der Waals surface area (Å²) < 4.78 is 23.6. The summed E-state index contributed by atoms with van der Waals surface area (Å²) in [4.78, 5) is 32.1. The normalized spacial score (nSPS) is 12.5. The molecular formula is C29H39N3O6Si. The Hall–Kier alpha value is -3.63. The van der Waals surface area contributed by atoms with Gasteiger partial charge in [0.25, 0.3) is 5.91 Å². The first-order valence-corrected chi connectivity index (χ1v) is 15.9. The molecule has 1 amide bonds. The van der Waals surface area contributed by atoms with Gasteiger partial charge >= 0.3 is 5.97 Å². The van der Waals surface area contributed by atoms with Crippen LogP contribution in [0.5, 0.6) is 17.2 Å². The van der Waals surface area contributed by atoms with Crippen molar-refractivity contribution < 1.29 is 28.2 Å². The standard InChI is InChI=1S/C29H39N3O6Si/c1-9-35-28(34)21-10-12-23(13-11-21)38-25-15-22(27(33)32-26-17-30-20(3)31-26)14-24(16-25)37-19(2)18-36-39(7,8)29(4,5)6/h10-17,19H,9,18H2,1-8H3,(H,30,31)(H,32,33)/t19-/m0/s1. The predicted molar refractivity (Wildman–Crippen MR) is 153 cm³/mol. The van der Waals surface area contributed by atoms with Crippen molar-refractivity contribution in [2.75, 3.05) is 18.5 Å². The molecule has 0 aliphatic rings. The summed E-state index contributed by atoms with van der Waals surface area (Å²) in [5.74, 6) is 1.78. The largest absolute Gasteiger partial charge is 0.488 e. The molecule has 0 fully saturated rings. The average molecular weight is 554 g/mol. The number of nitrogens with zero attached hydrogens (tertiary/aromatic N) is 1. The number of esters is 1.